The molecule has 3 aromatic rings. The quantitative estimate of drug-likeness (QED) is 0.793. The summed E-state index contributed by atoms with van der Waals surface area (Å²) in [6, 6.07) is 0. The molecule has 0 radical (unpaired) electrons. The highest BCUT2D eigenvalue weighted by atomic mass is 32.1. The lowest BCUT2D eigenvalue weighted by molar-refractivity contribution is -0.117. The molecule has 0 unspecified atom stereocenters. The second-order valence-corrected chi connectivity index (χ2v) is 6.54. The van der Waals surface area contributed by atoms with Crippen LogP contribution >= 0.6 is 11.3 Å². The van der Waals surface area contributed by atoms with Gasteiger partial charge < -0.3 is 5.32 Å². The summed E-state index contributed by atoms with van der Waals surface area (Å²) in [6.45, 7) is 0. The maximum absolute atomic E-state index is 12.3. The van der Waals surface area contributed by atoms with Crippen LogP contribution in [-0.2, 0) is 11.8 Å². The van der Waals surface area contributed by atoms with Crippen LogP contribution in [0.15, 0.2) is 37.2 Å². The Hall–Kier alpha value is -2.61. The Morgan fingerprint density at radius 3 is 2.96 bits per heavy atom. The van der Waals surface area contributed by atoms with Gasteiger partial charge in [0.2, 0.25) is 5.91 Å². The first kappa shape index (κ1) is 14.0. The van der Waals surface area contributed by atoms with Crippen LogP contribution in [0.25, 0.3) is 10.6 Å². The van der Waals surface area contributed by atoms with E-state index in [0.717, 1.165) is 22.6 Å². The summed E-state index contributed by atoms with van der Waals surface area (Å²) >= 11 is 1.40. The van der Waals surface area contributed by atoms with Gasteiger partial charge in [0.1, 0.15) is 5.69 Å². The van der Waals surface area contributed by atoms with Gasteiger partial charge >= 0.3 is 0 Å². The Balaban J connectivity index is 1.41. The Labute approximate surface area is 136 Å². The highest BCUT2D eigenvalue weighted by Crippen LogP contribution is 2.48. The van der Waals surface area contributed by atoms with Crippen molar-refractivity contribution in [1.29, 1.82) is 0 Å². The fourth-order valence-electron chi connectivity index (χ4n) is 2.56. The predicted octanol–water partition coefficient (Wildman–Crippen LogP) is 2.08. The first-order valence-electron chi connectivity index (χ1n) is 7.22. The molecule has 1 N–H and O–H groups in total. The van der Waals surface area contributed by atoms with E-state index in [9.17, 15) is 4.79 Å². The molecule has 1 saturated carbocycles. The molecule has 7 nitrogen and oxygen atoms in total. The molecule has 1 amide bonds. The number of hydrogen-bond donors (Lipinski definition) is 1. The molecule has 1 fully saturated rings. The van der Waals surface area contributed by atoms with E-state index in [4.69, 9.17) is 0 Å². The number of amides is 1. The fourth-order valence-corrected chi connectivity index (χ4v) is 3.34. The second kappa shape index (κ2) is 5.54. The third kappa shape index (κ3) is 2.85. The molecule has 23 heavy (non-hydrogen) atoms. The van der Waals surface area contributed by atoms with E-state index in [1.54, 1.807) is 29.5 Å². The highest BCUT2D eigenvalue weighted by molar-refractivity contribution is 7.19. The molecule has 4 rings (SSSR count). The molecule has 2 atom stereocenters. The Morgan fingerprint density at radius 1 is 1.30 bits per heavy atom. The van der Waals surface area contributed by atoms with Crippen LogP contribution < -0.4 is 5.32 Å². The number of nitrogens with one attached hydrogen (secondary N) is 1. The van der Waals surface area contributed by atoms with Gasteiger partial charge in [-0.25, -0.2) is 4.98 Å². The third-order valence-electron chi connectivity index (χ3n) is 3.83. The topological polar surface area (TPSA) is 85.6 Å². The van der Waals surface area contributed by atoms with Crippen molar-refractivity contribution in [1.82, 2.24) is 24.7 Å². The maximum Gasteiger partial charge on any atom is 0.229 e. The van der Waals surface area contributed by atoms with Crippen molar-refractivity contribution in [2.75, 3.05) is 5.32 Å². The zero-order valence-corrected chi connectivity index (χ0v) is 13.2. The normalized spacial score (nSPS) is 19.5. The first-order chi connectivity index (χ1) is 11.2. The van der Waals surface area contributed by atoms with Gasteiger partial charge in [-0.1, -0.05) is 11.3 Å². The summed E-state index contributed by atoms with van der Waals surface area (Å²) in [4.78, 5) is 25.7. The van der Waals surface area contributed by atoms with Gasteiger partial charge in [0.05, 0.1) is 17.3 Å². The lowest BCUT2D eigenvalue weighted by atomic mass is 10.2. The fraction of sp³-hybridized carbons (Fsp3) is 0.267. The Kier molecular flexibility index (Phi) is 3.38. The lowest BCUT2D eigenvalue weighted by Gasteiger charge is -1.99. The minimum atomic E-state index is 0.00284. The van der Waals surface area contributed by atoms with Gasteiger partial charge in [-0.2, -0.15) is 5.10 Å². The smallest absolute Gasteiger partial charge is 0.229 e. The van der Waals surface area contributed by atoms with E-state index in [1.807, 2.05) is 19.4 Å². The van der Waals surface area contributed by atoms with Gasteiger partial charge in [0.15, 0.2) is 5.13 Å². The average molecular weight is 326 g/mol. The van der Waals surface area contributed by atoms with E-state index >= 15 is 0 Å². The number of hydrogen-bond acceptors (Lipinski definition) is 6. The molecule has 0 aromatic carbocycles. The van der Waals surface area contributed by atoms with E-state index in [1.165, 1.54) is 11.3 Å². The lowest BCUT2D eigenvalue weighted by Crippen LogP contribution is -2.14. The number of aromatic nitrogens is 5. The summed E-state index contributed by atoms with van der Waals surface area (Å²) in [5.74, 6) is 0.282. The zero-order chi connectivity index (χ0) is 15.8. The molecule has 0 bridgehead atoms. The number of aryl methyl sites for hydroxylation is 1. The van der Waals surface area contributed by atoms with Gasteiger partial charge in [-0.05, 0) is 17.9 Å². The average Bonchev–Trinajstić information content (AvgIpc) is 3.03. The first-order valence-corrected chi connectivity index (χ1v) is 8.04. The summed E-state index contributed by atoms with van der Waals surface area (Å²) in [5.41, 5.74) is 1.87. The summed E-state index contributed by atoms with van der Waals surface area (Å²) in [6.07, 6.45) is 11.3. The summed E-state index contributed by atoms with van der Waals surface area (Å²) in [5, 5.41) is 7.64. The van der Waals surface area contributed by atoms with Crippen molar-refractivity contribution in [3.63, 3.8) is 0 Å². The van der Waals surface area contributed by atoms with Crippen molar-refractivity contribution < 1.29 is 4.79 Å². The SMILES string of the molecule is Cn1cc([C@@H]2C[C@H]2C(=O)Nc2ncc(-c3cnccn3)s2)cn1. The summed E-state index contributed by atoms with van der Waals surface area (Å²) in [7, 11) is 1.88. The standard InChI is InChI=1S/C15H14N6OS/c1-21-8-9(5-19-21)10-4-11(10)14(22)20-15-18-7-13(23-15)12-6-16-2-3-17-12/h2-3,5-8,10-11H,4H2,1H3,(H,18,20,22)/t10-,11+/m0/s1. The van der Waals surface area contributed by atoms with Crippen LogP contribution in [0.5, 0.6) is 0 Å². The van der Waals surface area contributed by atoms with Crippen LogP contribution in [0.4, 0.5) is 5.13 Å². The van der Waals surface area contributed by atoms with E-state index in [2.05, 4.69) is 25.4 Å². The minimum Gasteiger partial charge on any atom is -0.302 e. The molecule has 116 valence electrons. The molecule has 3 aromatic heterocycles. The van der Waals surface area contributed by atoms with E-state index < -0.39 is 0 Å². The molecule has 0 aliphatic heterocycles. The second-order valence-electron chi connectivity index (χ2n) is 5.51. The molecule has 3 heterocycles. The largest absolute Gasteiger partial charge is 0.302 e. The van der Waals surface area contributed by atoms with Gasteiger partial charge in [-0.15, -0.1) is 0 Å². The number of rotatable bonds is 4. The molecule has 1 aliphatic rings. The van der Waals surface area contributed by atoms with E-state index in [0.29, 0.717) is 5.13 Å². The molecular weight excluding hydrogens is 312 g/mol. The number of nitrogens with zero attached hydrogens (tertiary/aromatic N) is 5. The monoisotopic (exact) mass is 326 g/mol. The van der Waals surface area contributed by atoms with Gasteiger partial charge in [0, 0.05) is 37.8 Å². The number of carbonyl (C=O) groups is 1. The predicted molar refractivity (Wildman–Crippen MR) is 85.8 cm³/mol. The van der Waals surface area contributed by atoms with Crippen molar-refractivity contribution >= 4 is 22.4 Å². The third-order valence-corrected chi connectivity index (χ3v) is 4.77. The molecule has 0 spiro atoms. The van der Waals surface area contributed by atoms with E-state index in [-0.39, 0.29) is 17.7 Å². The minimum absolute atomic E-state index is 0.00284. The van der Waals surface area contributed by atoms with Crippen LogP contribution in [-0.4, -0.2) is 30.6 Å². The van der Waals surface area contributed by atoms with Gasteiger partial charge in [-0.3, -0.25) is 19.4 Å². The number of carbonyl (C=O) groups excluding carboxylic acids is 1. The van der Waals surface area contributed by atoms with Crippen LogP contribution in [0.3, 0.4) is 0 Å². The Bertz CT molecular complexity index is 843. The van der Waals surface area contributed by atoms with Crippen molar-refractivity contribution in [3.8, 4) is 10.6 Å². The van der Waals surface area contributed by atoms with Crippen LogP contribution in [0.1, 0.15) is 17.9 Å². The van der Waals surface area contributed by atoms with Crippen molar-refractivity contribution in [3.05, 3.63) is 42.7 Å². The van der Waals surface area contributed by atoms with Crippen LogP contribution in [0.2, 0.25) is 0 Å². The number of thiazole rings is 1. The molecule has 8 heteroatoms. The number of anilines is 1. The summed E-state index contributed by atoms with van der Waals surface area (Å²) < 4.78 is 1.76. The molecule has 1 aliphatic carbocycles. The molecular formula is C15H14N6OS. The zero-order valence-electron chi connectivity index (χ0n) is 12.4. The maximum atomic E-state index is 12.3. The van der Waals surface area contributed by atoms with Gasteiger partial charge in [0.25, 0.3) is 0 Å². The molecule has 0 saturated heterocycles. The van der Waals surface area contributed by atoms with Crippen molar-refractivity contribution in [2.45, 2.75) is 12.3 Å². The van der Waals surface area contributed by atoms with Crippen molar-refractivity contribution in [2.24, 2.45) is 13.0 Å². The Morgan fingerprint density at radius 2 is 2.22 bits per heavy atom. The van der Waals surface area contributed by atoms with Crippen LogP contribution in [0, 0.1) is 5.92 Å². The highest BCUT2D eigenvalue weighted by Gasteiger charge is 2.44.